The van der Waals surface area contributed by atoms with Crippen LogP contribution in [0.3, 0.4) is 0 Å². The molecule has 0 saturated heterocycles. The minimum absolute atomic E-state index is 0.395. The first-order valence-electron chi connectivity index (χ1n) is 4.68. The van der Waals surface area contributed by atoms with Gasteiger partial charge in [0.25, 0.3) is 0 Å². The van der Waals surface area contributed by atoms with E-state index in [1.807, 2.05) is 24.3 Å². The number of hydrogen-bond donors (Lipinski definition) is 1. The van der Waals surface area contributed by atoms with Gasteiger partial charge in [-0.2, -0.15) is 0 Å². The lowest BCUT2D eigenvalue weighted by atomic mass is 10.1. The van der Waals surface area contributed by atoms with Crippen LogP contribution in [0.5, 0.6) is 5.75 Å². The predicted octanol–water partition coefficient (Wildman–Crippen LogP) is 1.80. The van der Waals surface area contributed by atoms with Gasteiger partial charge in [-0.15, -0.1) is 0 Å². The molecule has 0 bridgehead atoms. The monoisotopic (exact) mass is 197 g/mol. The van der Waals surface area contributed by atoms with E-state index in [2.05, 4.69) is 5.32 Å². The average molecular weight is 197 g/mol. The van der Waals surface area contributed by atoms with Gasteiger partial charge in [0, 0.05) is 13.0 Å². The third-order valence-corrected chi connectivity index (χ3v) is 2.04. The molecule has 0 heterocycles. The second kappa shape index (κ2) is 5.60. The van der Waals surface area contributed by atoms with Crippen molar-refractivity contribution in [2.45, 2.75) is 12.6 Å². The largest absolute Gasteiger partial charge is 0.497 e. The maximum Gasteiger partial charge on any atom is 0.118 e. The van der Waals surface area contributed by atoms with Gasteiger partial charge in [-0.1, -0.05) is 12.1 Å². The molecule has 0 aromatic heterocycles. The minimum Gasteiger partial charge on any atom is -0.497 e. The van der Waals surface area contributed by atoms with E-state index >= 15 is 0 Å². The molecule has 0 amide bonds. The highest BCUT2D eigenvalue weighted by molar-refractivity contribution is 5.27. The van der Waals surface area contributed by atoms with Crippen molar-refractivity contribution in [1.29, 1.82) is 0 Å². The minimum atomic E-state index is -0.826. The number of alkyl halides is 1. The van der Waals surface area contributed by atoms with Crippen LogP contribution in [-0.2, 0) is 6.42 Å². The standard InChI is InChI=1S/C11H16FNO/c1-13-8-10(12)7-9-3-5-11(14-2)6-4-9/h3-6,10,13H,7-8H2,1-2H3. The molecular weight excluding hydrogens is 181 g/mol. The van der Waals surface area contributed by atoms with Crippen molar-refractivity contribution >= 4 is 0 Å². The zero-order valence-corrected chi connectivity index (χ0v) is 8.59. The van der Waals surface area contributed by atoms with Gasteiger partial charge in [-0.3, -0.25) is 0 Å². The number of benzene rings is 1. The molecule has 0 aliphatic heterocycles. The van der Waals surface area contributed by atoms with Crippen molar-refractivity contribution in [3.05, 3.63) is 29.8 Å². The highest BCUT2D eigenvalue weighted by Gasteiger charge is 2.05. The maximum atomic E-state index is 13.2. The zero-order chi connectivity index (χ0) is 10.4. The van der Waals surface area contributed by atoms with Gasteiger partial charge in [0.15, 0.2) is 0 Å². The average Bonchev–Trinajstić information content (AvgIpc) is 2.19. The lowest BCUT2D eigenvalue weighted by Crippen LogP contribution is -2.21. The normalized spacial score (nSPS) is 12.5. The van der Waals surface area contributed by atoms with Crippen LogP contribution in [0.15, 0.2) is 24.3 Å². The number of rotatable bonds is 5. The summed E-state index contributed by atoms with van der Waals surface area (Å²) in [6.07, 6.45) is -0.376. The summed E-state index contributed by atoms with van der Waals surface area (Å²) in [4.78, 5) is 0. The second-order valence-electron chi connectivity index (χ2n) is 3.21. The molecule has 0 saturated carbocycles. The highest BCUT2D eigenvalue weighted by atomic mass is 19.1. The Morgan fingerprint density at radius 2 is 2.00 bits per heavy atom. The third kappa shape index (κ3) is 3.34. The van der Waals surface area contributed by atoms with Gasteiger partial charge in [0.05, 0.1) is 7.11 Å². The van der Waals surface area contributed by atoms with E-state index in [9.17, 15) is 4.39 Å². The summed E-state index contributed by atoms with van der Waals surface area (Å²) >= 11 is 0. The van der Waals surface area contributed by atoms with Crippen LogP contribution in [0.4, 0.5) is 4.39 Å². The fraction of sp³-hybridized carbons (Fsp3) is 0.455. The molecule has 0 aliphatic carbocycles. The van der Waals surface area contributed by atoms with Gasteiger partial charge in [-0.05, 0) is 24.7 Å². The van der Waals surface area contributed by atoms with E-state index < -0.39 is 6.17 Å². The summed E-state index contributed by atoms with van der Waals surface area (Å²) in [6.45, 7) is 0.395. The third-order valence-electron chi connectivity index (χ3n) is 2.04. The van der Waals surface area contributed by atoms with Crippen LogP contribution in [0.25, 0.3) is 0 Å². The Hall–Kier alpha value is -1.09. The maximum absolute atomic E-state index is 13.2. The van der Waals surface area contributed by atoms with Crippen LogP contribution in [0.1, 0.15) is 5.56 Å². The number of hydrogen-bond acceptors (Lipinski definition) is 2. The smallest absolute Gasteiger partial charge is 0.118 e. The van der Waals surface area contributed by atoms with E-state index in [0.29, 0.717) is 13.0 Å². The fourth-order valence-electron chi connectivity index (χ4n) is 1.31. The molecule has 0 radical (unpaired) electrons. The molecule has 1 aromatic carbocycles. The molecule has 1 aromatic rings. The van der Waals surface area contributed by atoms with Crippen molar-refractivity contribution in [2.75, 3.05) is 20.7 Å². The van der Waals surface area contributed by atoms with Crippen molar-refractivity contribution in [1.82, 2.24) is 5.32 Å². The Balaban J connectivity index is 2.50. The van der Waals surface area contributed by atoms with E-state index in [-0.39, 0.29) is 0 Å². The molecule has 2 nitrogen and oxygen atoms in total. The topological polar surface area (TPSA) is 21.3 Å². The van der Waals surface area contributed by atoms with Gasteiger partial charge in [0.2, 0.25) is 0 Å². The van der Waals surface area contributed by atoms with E-state index in [1.165, 1.54) is 0 Å². The van der Waals surface area contributed by atoms with Crippen LogP contribution in [0.2, 0.25) is 0 Å². The molecule has 1 rings (SSSR count). The van der Waals surface area contributed by atoms with Crippen molar-refractivity contribution < 1.29 is 9.13 Å². The molecule has 0 fully saturated rings. The van der Waals surface area contributed by atoms with Crippen molar-refractivity contribution in [3.8, 4) is 5.75 Å². The first kappa shape index (κ1) is 11.0. The predicted molar refractivity (Wildman–Crippen MR) is 55.5 cm³/mol. The highest BCUT2D eigenvalue weighted by Crippen LogP contribution is 2.13. The Kier molecular flexibility index (Phi) is 4.40. The summed E-state index contributed by atoms with van der Waals surface area (Å²) in [7, 11) is 3.37. The van der Waals surface area contributed by atoms with Crippen LogP contribution < -0.4 is 10.1 Å². The van der Waals surface area contributed by atoms with Crippen LogP contribution in [-0.4, -0.2) is 26.9 Å². The van der Waals surface area contributed by atoms with Gasteiger partial charge in [-0.25, -0.2) is 4.39 Å². The fourth-order valence-corrected chi connectivity index (χ4v) is 1.31. The van der Waals surface area contributed by atoms with E-state index in [1.54, 1.807) is 14.2 Å². The molecular formula is C11H16FNO. The van der Waals surface area contributed by atoms with E-state index in [0.717, 1.165) is 11.3 Å². The molecule has 78 valence electrons. The van der Waals surface area contributed by atoms with Crippen molar-refractivity contribution in [3.63, 3.8) is 0 Å². The Labute approximate surface area is 84.1 Å². The van der Waals surface area contributed by atoms with Gasteiger partial charge < -0.3 is 10.1 Å². The Bertz CT molecular complexity index is 260. The number of methoxy groups -OCH3 is 1. The molecule has 14 heavy (non-hydrogen) atoms. The Morgan fingerprint density at radius 3 is 2.50 bits per heavy atom. The summed E-state index contributed by atoms with van der Waals surface area (Å²) < 4.78 is 18.2. The van der Waals surface area contributed by atoms with E-state index in [4.69, 9.17) is 4.74 Å². The number of ether oxygens (including phenoxy) is 1. The first-order chi connectivity index (χ1) is 6.76. The summed E-state index contributed by atoms with van der Waals surface area (Å²) in [5, 5.41) is 2.81. The lowest BCUT2D eigenvalue weighted by Gasteiger charge is -2.07. The molecule has 1 atom stereocenters. The van der Waals surface area contributed by atoms with Crippen molar-refractivity contribution in [2.24, 2.45) is 0 Å². The molecule has 1 unspecified atom stereocenters. The number of nitrogens with one attached hydrogen (secondary N) is 1. The summed E-state index contributed by atoms with van der Waals surface area (Å²) in [6, 6.07) is 7.48. The molecule has 3 heteroatoms. The first-order valence-corrected chi connectivity index (χ1v) is 4.68. The lowest BCUT2D eigenvalue weighted by molar-refractivity contribution is 0.324. The molecule has 0 spiro atoms. The second-order valence-corrected chi connectivity index (χ2v) is 3.21. The number of halogens is 1. The van der Waals surface area contributed by atoms with Crippen LogP contribution in [0, 0.1) is 0 Å². The molecule has 1 N–H and O–H groups in total. The molecule has 0 aliphatic rings. The van der Waals surface area contributed by atoms with Crippen LogP contribution >= 0.6 is 0 Å². The summed E-state index contributed by atoms with van der Waals surface area (Å²) in [5.74, 6) is 0.803. The Morgan fingerprint density at radius 1 is 1.36 bits per heavy atom. The SMILES string of the molecule is CNCC(F)Cc1ccc(OC)cc1. The van der Waals surface area contributed by atoms with Gasteiger partial charge >= 0.3 is 0 Å². The quantitative estimate of drug-likeness (QED) is 0.777. The van der Waals surface area contributed by atoms with Gasteiger partial charge in [0.1, 0.15) is 11.9 Å². The zero-order valence-electron chi connectivity index (χ0n) is 8.59. The summed E-state index contributed by atoms with van der Waals surface area (Å²) in [5.41, 5.74) is 0.994.